The third-order valence-corrected chi connectivity index (χ3v) is 5.36. The lowest BCUT2D eigenvalue weighted by Crippen LogP contribution is -2.42. The summed E-state index contributed by atoms with van der Waals surface area (Å²) in [6, 6.07) is 21.5. The summed E-state index contributed by atoms with van der Waals surface area (Å²) in [7, 11) is 0. The predicted octanol–water partition coefficient (Wildman–Crippen LogP) is 3.88. The number of fused-ring (bicyclic) bond motifs is 2. The van der Waals surface area contributed by atoms with Crippen molar-refractivity contribution in [3.8, 4) is 0 Å². The molecule has 1 N–H and O–H groups in total. The Morgan fingerprint density at radius 2 is 1.78 bits per heavy atom. The first-order chi connectivity index (χ1) is 13.2. The molecular weight excluding hydrogens is 336 g/mol. The lowest BCUT2D eigenvalue weighted by Gasteiger charge is -2.34. The van der Waals surface area contributed by atoms with Crippen molar-refractivity contribution in [3.05, 3.63) is 95.6 Å². The van der Waals surface area contributed by atoms with Crippen LogP contribution in [0.2, 0.25) is 0 Å². The number of rotatable bonds is 3. The molecule has 4 aromatic rings. The van der Waals surface area contributed by atoms with Gasteiger partial charge in [0, 0.05) is 11.8 Å². The normalized spacial score (nSPS) is 18.9. The van der Waals surface area contributed by atoms with Gasteiger partial charge in [-0.25, -0.2) is 4.98 Å². The number of nitrogens with one attached hydrogen (secondary N) is 1. The summed E-state index contributed by atoms with van der Waals surface area (Å²) in [5.41, 5.74) is 3.69. The number of aromatic nitrogens is 3. The summed E-state index contributed by atoms with van der Waals surface area (Å²) in [5.74, 6) is 0.761. The molecular formula is C22H18N4O. The highest BCUT2D eigenvalue weighted by molar-refractivity contribution is 6.00. The molecule has 1 atom stereocenters. The molecule has 1 aliphatic heterocycles. The van der Waals surface area contributed by atoms with Gasteiger partial charge in [-0.1, -0.05) is 36.4 Å². The number of carbonyl (C=O) groups excluding carboxylic acids is 1. The lowest BCUT2D eigenvalue weighted by atomic mass is 9.90. The number of pyridine rings is 1. The van der Waals surface area contributed by atoms with Crippen LogP contribution in [0.15, 0.2) is 72.9 Å². The van der Waals surface area contributed by atoms with E-state index in [0.717, 1.165) is 33.7 Å². The minimum absolute atomic E-state index is 0.000732. The van der Waals surface area contributed by atoms with E-state index >= 15 is 0 Å². The first kappa shape index (κ1) is 15.8. The molecule has 0 saturated carbocycles. The Morgan fingerprint density at radius 3 is 2.59 bits per heavy atom. The maximum Gasteiger partial charge on any atom is 0.255 e. The average Bonchev–Trinajstić information content (AvgIpc) is 3.24. The van der Waals surface area contributed by atoms with Crippen LogP contribution in [-0.4, -0.2) is 25.8 Å². The molecule has 3 heterocycles. The van der Waals surface area contributed by atoms with Crippen LogP contribution >= 0.6 is 0 Å². The van der Waals surface area contributed by atoms with E-state index in [1.54, 1.807) is 6.20 Å². The van der Waals surface area contributed by atoms with Crippen molar-refractivity contribution in [3.63, 3.8) is 0 Å². The standard InChI is InChI=1S/C22H18N4O/c1-22(21-24-18-11-4-5-12-19(18)25-21)17-10-3-2-9-16(17)20(27)26(22)14-15-8-6-7-13-23-15/h2-13H,14H2,1H3,(H,24,25). The van der Waals surface area contributed by atoms with Crippen LogP contribution in [0.4, 0.5) is 0 Å². The molecule has 0 spiro atoms. The number of hydrogen-bond acceptors (Lipinski definition) is 3. The van der Waals surface area contributed by atoms with Crippen molar-refractivity contribution < 1.29 is 4.79 Å². The molecule has 132 valence electrons. The van der Waals surface area contributed by atoms with Gasteiger partial charge in [-0.15, -0.1) is 0 Å². The van der Waals surface area contributed by atoms with Gasteiger partial charge >= 0.3 is 0 Å². The molecule has 0 fully saturated rings. The largest absolute Gasteiger partial charge is 0.340 e. The minimum atomic E-state index is -0.690. The Bertz CT molecular complexity index is 1120. The summed E-state index contributed by atoms with van der Waals surface area (Å²) in [5, 5.41) is 0. The second kappa shape index (κ2) is 5.77. The Morgan fingerprint density at radius 1 is 1.00 bits per heavy atom. The van der Waals surface area contributed by atoms with Crippen LogP contribution in [0, 0.1) is 0 Å². The van der Waals surface area contributed by atoms with Gasteiger partial charge in [0.25, 0.3) is 5.91 Å². The molecule has 27 heavy (non-hydrogen) atoms. The zero-order chi connectivity index (χ0) is 18.4. The van der Waals surface area contributed by atoms with Crippen LogP contribution in [0.3, 0.4) is 0 Å². The van der Waals surface area contributed by atoms with E-state index in [-0.39, 0.29) is 5.91 Å². The summed E-state index contributed by atoms with van der Waals surface area (Å²) in [6.45, 7) is 2.47. The third kappa shape index (κ3) is 2.28. The van der Waals surface area contributed by atoms with Crippen LogP contribution in [0.5, 0.6) is 0 Å². The van der Waals surface area contributed by atoms with Crippen molar-refractivity contribution in [2.45, 2.75) is 19.0 Å². The van der Waals surface area contributed by atoms with Gasteiger partial charge in [0.2, 0.25) is 0 Å². The van der Waals surface area contributed by atoms with Crippen LogP contribution in [0.1, 0.15) is 34.4 Å². The third-order valence-electron chi connectivity index (χ3n) is 5.36. The van der Waals surface area contributed by atoms with E-state index in [2.05, 4.69) is 16.9 Å². The van der Waals surface area contributed by atoms with Gasteiger partial charge in [-0.2, -0.15) is 0 Å². The molecule has 0 bridgehead atoms. The van der Waals surface area contributed by atoms with Gasteiger partial charge in [-0.05, 0) is 42.8 Å². The summed E-state index contributed by atoms with van der Waals surface area (Å²) in [6.07, 6.45) is 1.75. The number of carbonyl (C=O) groups is 1. The predicted molar refractivity (Wildman–Crippen MR) is 103 cm³/mol. The summed E-state index contributed by atoms with van der Waals surface area (Å²) >= 11 is 0. The molecule has 5 nitrogen and oxygen atoms in total. The van der Waals surface area contributed by atoms with Crippen molar-refractivity contribution >= 4 is 16.9 Å². The monoisotopic (exact) mass is 354 g/mol. The van der Waals surface area contributed by atoms with Gasteiger partial charge < -0.3 is 9.88 Å². The number of H-pyrrole nitrogens is 1. The van der Waals surface area contributed by atoms with E-state index in [1.807, 2.05) is 71.6 Å². The number of hydrogen-bond donors (Lipinski definition) is 1. The highest BCUT2D eigenvalue weighted by Gasteiger charge is 2.49. The number of imidazole rings is 1. The second-order valence-electron chi connectivity index (χ2n) is 6.93. The van der Waals surface area contributed by atoms with Gasteiger partial charge in [0.05, 0.1) is 23.3 Å². The number of aromatic amines is 1. The molecule has 1 unspecified atom stereocenters. The highest BCUT2D eigenvalue weighted by Crippen LogP contribution is 2.43. The van der Waals surface area contributed by atoms with Gasteiger partial charge in [0.1, 0.15) is 11.4 Å². The first-order valence-electron chi connectivity index (χ1n) is 8.94. The quantitative estimate of drug-likeness (QED) is 0.607. The average molecular weight is 354 g/mol. The van der Waals surface area contributed by atoms with Crippen molar-refractivity contribution in [1.29, 1.82) is 0 Å². The maximum absolute atomic E-state index is 13.3. The SMILES string of the molecule is CC1(c2nc3ccccc3[nH]2)c2ccccc2C(=O)N1Cc1ccccn1. The fourth-order valence-corrected chi connectivity index (χ4v) is 3.91. The zero-order valence-electron chi connectivity index (χ0n) is 14.9. The van der Waals surface area contributed by atoms with Crippen molar-refractivity contribution in [1.82, 2.24) is 19.9 Å². The lowest BCUT2D eigenvalue weighted by molar-refractivity contribution is 0.0614. The molecule has 1 amide bonds. The molecule has 5 rings (SSSR count). The Balaban J connectivity index is 1.70. The number of benzene rings is 2. The van der Waals surface area contributed by atoms with E-state index in [4.69, 9.17) is 4.98 Å². The first-order valence-corrected chi connectivity index (χ1v) is 8.94. The van der Waals surface area contributed by atoms with Crippen LogP contribution < -0.4 is 0 Å². The maximum atomic E-state index is 13.3. The number of amides is 1. The number of para-hydroxylation sites is 2. The topological polar surface area (TPSA) is 61.9 Å². The smallest absolute Gasteiger partial charge is 0.255 e. The summed E-state index contributed by atoms with van der Waals surface area (Å²) in [4.78, 5) is 27.8. The second-order valence-corrected chi connectivity index (χ2v) is 6.93. The Hall–Kier alpha value is -3.47. The molecule has 2 aromatic heterocycles. The molecule has 0 aliphatic carbocycles. The molecule has 5 heteroatoms. The minimum Gasteiger partial charge on any atom is -0.340 e. The Labute approximate surface area is 156 Å². The van der Waals surface area contributed by atoms with Gasteiger partial charge in [-0.3, -0.25) is 9.78 Å². The molecule has 0 saturated heterocycles. The highest BCUT2D eigenvalue weighted by atomic mass is 16.2. The fraction of sp³-hybridized carbons (Fsp3) is 0.136. The fourth-order valence-electron chi connectivity index (χ4n) is 3.91. The summed E-state index contributed by atoms with van der Waals surface area (Å²) < 4.78 is 0. The van der Waals surface area contributed by atoms with E-state index < -0.39 is 5.54 Å². The Kier molecular flexibility index (Phi) is 3.37. The van der Waals surface area contributed by atoms with E-state index in [0.29, 0.717) is 6.54 Å². The molecule has 2 aromatic carbocycles. The van der Waals surface area contributed by atoms with E-state index in [1.165, 1.54) is 0 Å². The van der Waals surface area contributed by atoms with Crippen LogP contribution in [-0.2, 0) is 12.1 Å². The van der Waals surface area contributed by atoms with Crippen LogP contribution in [0.25, 0.3) is 11.0 Å². The number of nitrogens with zero attached hydrogens (tertiary/aromatic N) is 3. The van der Waals surface area contributed by atoms with Gasteiger partial charge in [0.15, 0.2) is 0 Å². The zero-order valence-corrected chi connectivity index (χ0v) is 14.9. The molecule has 0 radical (unpaired) electrons. The van der Waals surface area contributed by atoms with Crippen molar-refractivity contribution in [2.75, 3.05) is 0 Å². The molecule has 1 aliphatic rings. The van der Waals surface area contributed by atoms with Crippen molar-refractivity contribution in [2.24, 2.45) is 0 Å². The van der Waals surface area contributed by atoms with E-state index in [9.17, 15) is 4.79 Å².